The first-order valence-corrected chi connectivity index (χ1v) is 19.3. The van der Waals surface area contributed by atoms with Crippen molar-refractivity contribution in [3.63, 3.8) is 0 Å². The molecule has 2 aliphatic rings. The van der Waals surface area contributed by atoms with Gasteiger partial charge in [0.05, 0.1) is 31.7 Å². The van der Waals surface area contributed by atoms with E-state index in [0.29, 0.717) is 11.4 Å². The van der Waals surface area contributed by atoms with Crippen LogP contribution < -0.4 is 85.9 Å². The molecule has 5 aromatic heterocycles. The Morgan fingerprint density at radius 2 is 1.66 bits per heavy atom. The summed E-state index contributed by atoms with van der Waals surface area (Å²) in [6, 6.07) is 0. The molecule has 0 spiro atoms. The normalized spacial score (nSPS) is 28.0. The van der Waals surface area contributed by atoms with Crippen LogP contribution in [0.2, 0.25) is 0 Å². The van der Waals surface area contributed by atoms with Crippen LogP contribution in [-0.4, -0.2) is 115 Å². The Balaban J connectivity index is 0.00000271. The minimum Gasteiger partial charge on any atom is -0.775 e. The first-order valence-electron chi connectivity index (χ1n) is 14.7. The van der Waals surface area contributed by atoms with Crippen LogP contribution in [0.25, 0.3) is 22.3 Å². The number of nitrogens with zero attached hydrogens (tertiary/aromatic N) is 9. The number of aromatic amines is 1. The number of nitrogen functional groups attached to an aromatic ring is 2. The zero-order chi connectivity index (χ0) is 36.2. The third-order valence-electron chi connectivity index (χ3n) is 8.10. The van der Waals surface area contributed by atoms with Crippen LogP contribution in [0.3, 0.4) is 0 Å². The Labute approximate surface area is 345 Å². The van der Waals surface area contributed by atoms with E-state index in [1.165, 1.54) is 36.7 Å². The molecule has 2 unspecified atom stereocenters. The number of H-pyrrole nitrogens is 1. The molecular weight excluding hydrogens is 788 g/mol. The number of imidazole rings is 3. The molecule has 0 saturated carbocycles. The van der Waals surface area contributed by atoms with E-state index < -0.39 is 75.8 Å². The summed E-state index contributed by atoms with van der Waals surface area (Å²) in [5.41, 5.74) is 11.2. The van der Waals surface area contributed by atoms with E-state index in [1.807, 2.05) is 0 Å². The summed E-state index contributed by atoms with van der Waals surface area (Å²) < 4.78 is 57.8. The van der Waals surface area contributed by atoms with E-state index in [0.717, 1.165) is 21.6 Å². The van der Waals surface area contributed by atoms with Gasteiger partial charge in [0.2, 0.25) is 5.95 Å². The van der Waals surface area contributed by atoms with Gasteiger partial charge in [0.25, 0.3) is 13.4 Å². The van der Waals surface area contributed by atoms with Crippen molar-refractivity contribution in [1.29, 1.82) is 0 Å². The number of hydrogen-bond acceptors (Lipinski definition) is 21. The molecule has 7 heterocycles. The molecule has 2 fully saturated rings. The summed E-state index contributed by atoms with van der Waals surface area (Å²) in [6.07, 6.45) is -4.02. The maximum atomic E-state index is 13.3. The number of aliphatic hydroxyl groups excluding tert-OH is 2. The molecule has 0 aromatic carbocycles. The summed E-state index contributed by atoms with van der Waals surface area (Å²) in [5.74, 6) is -0.522. The monoisotopic (exact) mass is 816 g/mol. The summed E-state index contributed by atoms with van der Waals surface area (Å²) in [6.45, 7) is -5.21. The maximum absolute atomic E-state index is 13.3. The number of nitrogens with two attached hydrogens (primary N) is 2. The van der Waals surface area contributed by atoms with Crippen LogP contribution in [0.5, 0.6) is 0 Å². The molecule has 0 aliphatic carbocycles. The number of rotatable bonds is 12. The number of nitrogens with one attached hydrogen (secondary N) is 1. The van der Waals surface area contributed by atoms with Gasteiger partial charge in [-0.15, -0.1) is 0 Å². The summed E-state index contributed by atoms with van der Waals surface area (Å²) in [4.78, 5) is 64.7. The first kappa shape index (κ1) is 42.3. The molecule has 24 nitrogen and oxygen atoms in total. The van der Waals surface area contributed by atoms with Crippen molar-refractivity contribution < 1.29 is 112 Å². The van der Waals surface area contributed by atoms with Crippen LogP contribution in [0.4, 0.5) is 11.8 Å². The molecule has 0 bridgehead atoms. The van der Waals surface area contributed by atoms with Crippen molar-refractivity contribution in [2.24, 2.45) is 0 Å². The molecule has 7 N–H and O–H groups in total. The molecule has 2 saturated heterocycles. The fourth-order valence-electron chi connectivity index (χ4n) is 5.70. The number of aliphatic hydroxyl groups is 2. The van der Waals surface area contributed by atoms with Gasteiger partial charge in [0.1, 0.15) is 42.4 Å². The summed E-state index contributed by atoms with van der Waals surface area (Å²) in [7, 11) is -4.09. The van der Waals surface area contributed by atoms with E-state index in [1.54, 1.807) is 0 Å². The predicted molar refractivity (Wildman–Crippen MR) is 169 cm³/mol. The fourth-order valence-corrected chi connectivity index (χ4v) is 9.49. The van der Waals surface area contributed by atoms with E-state index in [2.05, 4.69) is 34.9 Å². The third kappa shape index (κ3) is 8.33. The number of fused-ring (bicyclic) bond motifs is 2. The third-order valence-corrected chi connectivity index (χ3v) is 12.7. The van der Waals surface area contributed by atoms with Crippen molar-refractivity contribution in [3.05, 3.63) is 48.1 Å². The molecular formula is C24H28N12Na2O12P2S. The van der Waals surface area contributed by atoms with Gasteiger partial charge in [-0.2, -0.15) is 4.98 Å². The molecule has 10 atom stereocenters. The van der Waals surface area contributed by atoms with Crippen molar-refractivity contribution in [2.45, 2.75) is 49.1 Å². The second-order valence-electron chi connectivity index (χ2n) is 11.2. The zero-order valence-corrected chi connectivity index (χ0v) is 34.6. The molecule has 5 aromatic rings. The Hall–Kier alpha value is -1.84. The smallest absolute Gasteiger partial charge is 0.775 e. The van der Waals surface area contributed by atoms with Gasteiger partial charge in [-0.3, -0.25) is 27.8 Å². The van der Waals surface area contributed by atoms with Crippen molar-refractivity contribution >= 4 is 60.0 Å². The Kier molecular flexibility index (Phi) is 13.3. The van der Waals surface area contributed by atoms with Crippen LogP contribution in [0.1, 0.15) is 12.5 Å². The predicted octanol–water partition coefficient (Wildman–Crippen LogP) is -8.52. The Morgan fingerprint density at radius 1 is 0.962 bits per heavy atom. The van der Waals surface area contributed by atoms with Gasteiger partial charge in [0.15, 0.2) is 41.8 Å². The van der Waals surface area contributed by atoms with Crippen LogP contribution in [0, 0.1) is 0 Å². The van der Waals surface area contributed by atoms with Crippen LogP contribution in [-0.2, 0) is 32.4 Å². The van der Waals surface area contributed by atoms with E-state index in [-0.39, 0.29) is 99.0 Å². The largest absolute Gasteiger partial charge is 1.00 e. The number of hydrogen-bond donors (Lipinski definition) is 5. The van der Waals surface area contributed by atoms with E-state index in [4.69, 9.17) is 34.7 Å². The average Bonchev–Trinajstić information content (AvgIpc) is 3.92. The molecule has 0 amide bonds. The second kappa shape index (κ2) is 16.7. The molecule has 2 aliphatic heterocycles. The van der Waals surface area contributed by atoms with Gasteiger partial charge in [-0.1, -0.05) is 11.4 Å². The zero-order valence-electron chi connectivity index (χ0n) is 28.0. The summed E-state index contributed by atoms with van der Waals surface area (Å²) >= 11 is 0.454. The SMILES string of the molecule is CO[C@@H]1[C@H](OP(=O)([O-])OC[C@H]2O[C@@H](n3cnc4c(=O)[nH]c(N)nc43)[C@H](O)[C@@H]2O)[C@@H](CSP(=O)([O-])n2ccnc2)O[C@H]1n1cnc2c(N)ncnc21.[Na+].[Na+]. The minimum absolute atomic E-state index is 0. The van der Waals surface area contributed by atoms with Crippen molar-refractivity contribution in [1.82, 2.24) is 48.4 Å². The van der Waals surface area contributed by atoms with Gasteiger partial charge in [0, 0.05) is 25.3 Å². The number of phosphoric ester groups is 1. The molecule has 7 rings (SSSR count). The topological polar surface area (TPSA) is 344 Å². The first-order chi connectivity index (χ1) is 24.3. The maximum Gasteiger partial charge on any atom is 1.00 e. The van der Waals surface area contributed by atoms with E-state index >= 15 is 0 Å². The molecule has 0 radical (unpaired) electrons. The fraction of sp³-hybridized carbons (Fsp3) is 0.458. The van der Waals surface area contributed by atoms with Gasteiger partial charge < -0.3 is 59.3 Å². The second-order valence-corrected chi connectivity index (χ2v) is 16.7. The Morgan fingerprint density at radius 3 is 2.36 bits per heavy atom. The number of anilines is 2. The summed E-state index contributed by atoms with van der Waals surface area (Å²) in [5, 5.41) is 21.5. The van der Waals surface area contributed by atoms with E-state index in [9.17, 15) is 33.9 Å². The van der Waals surface area contributed by atoms with Gasteiger partial charge in [-0.05, 0) is 0 Å². The van der Waals surface area contributed by atoms with Gasteiger partial charge in [-0.25, -0.2) is 24.9 Å². The number of phosphoric acid groups is 1. The number of aromatic nitrogens is 10. The standard InChI is InChI=1S/C24H30N12O12P2S.2Na/c1-44-17-16(11(5-51-49(40,41)34-3-2-27-7-34)47-23(17)35-8-30-12-18(25)28-6-29-19(12)35)48-50(42,43)45-4-10-14(37)15(38)22(46-10)36-9-31-13-20(36)32-24(26)33-21(13)39;;/h2-3,6-11,14-17,22-23,37-38H,4-5H2,1H3,(H,40,41)(H,42,43)(H2,25,28,29)(H3,26,32,33,39);;/q;2*+1/p-2/t10-,11-,14-,15-,16-,17-,22-,23-;;/m1../s1. The number of methoxy groups -OCH3 is 1. The van der Waals surface area contributed by atoms with Crippen LogP contribution >= 0.6 is 25.9 Å². The molecule has 274 valence electrons. The number of ether oxygens (including phenoxy) is 3. The Bertz CT molecular complexity index is 2210. The molecule has 29 heteroatoms. The minimum atomic E-state index is -5.35. The van der Waals surface area contributed by atoms with Gasteiger partial charge >= 0.3 is 59.1 Å². The van der Waals surface area contributed by atoms with Crippen LogP contribution in [0.15, 0.2) is 42.5 Å². The average molecular weight is 817 g/mol. The van der Waals surface area contributed by atoms with Crippen molar-refractivity contribution in [3.8, 4) is 0 Å². The molecule has 53 heavy (non-hydrogen) atoms. The van der Waals surface area contributed by atoms with Crippen molar-refractivity contribution in [2.75, 3.05) is 30.9 Å². The quantitative estimate of drug-likeness (QED) is 0.0576.